The van der Waals surface area contributed by atoms with Crippen molar-refractivity contribution in [1.29, 1.82) is 0 Å². The Morgan fingerprint density at radius 3 is 1.55 bits per heavy atom. The van der Waals surface area contributed by atoms with Crippen molar-refractivity contribution >= 4 is 33.0 Å². The van der Waals surface area contributed by atoms with Crippen molar-refractivity contribution in [2.45, 2.75) is 41.5 Å². The Bertz CT molecular complexity index is 1950. The number of nitrogens with zero attached hydrogens (tertiary/aromatic N) is 7. The van der Waals surface area contributed by atoms with Gasteiger partial charge in [-0.25, -0.2) is 9.36 Å². The van der Waals surface area contributed by atoms with Gasteiger partial charge in [-0.1, -0.05) is 34.1 Å². The van der Waals surface area contributed by atoms with Gasteiger partial charge in [0.25, 0.3) is 11.4 Å². The maximum Gasteiger partial charge on any atom is 0.274 e. The van der Waals surface area contributed by atoms with Crippen LogP contribution in [0.25, 0.3) is 11.4 Å². The zero-order valence-electron chi connectivity index (χ0n) is 26.9. The minimum atomic E-state index is -0.389. The van der Waals surface area contributed by atoms with E-state index in [1.807, 2.05) is 81.4 Å². The van der Waals surface area contributed by atoms with Crippen LogP contribution in [0, 0.1) is 61.8 Å². The van der Waals surface area contributed by atoms with E-state index in [4.69, 9.17) is 5.73 Å². The molecule has 13 nitrogen and oxygen atoms in total. The number of rotatable bonds is 4. The Balaban J connectivity index is 0.000000178. The fourth-order valence-corrected chi connectivity index (χ4v) is 4.26. The second-order valence-corrected chi connectivity index (χ2v) is 11.6. The van der Waals surface area contributed by atoms with Gasteiger partial charge in [-0.2, -0.15) is 15.3 Å². The molecule has 0 saturated carbocycles. The van der Waals surface area contributed by atoms with Crippen LogP contribution in [-0.4, -0.2) is 39.6 Å². The topological polar surface area (TPSA) is 177 Å². The maximum absolute atomic E-state index is 10.8. The molecule has 0 aliphatic carbocycles. The number of aromatic amines is 1. The highest BCUT2D eigenvalue weighted by molar-refractivity contribution is 9.10. The first kappa shape index (κ1) is 35.8. The highest BCUT2D eigenvalue weighted by atomic mass is 79.9. The number of aryl methyl sites for hydroxylation is 6. The summed E-state index contributed by atoms with van der Waals surface area (Å²) in [5.74, 6) is 0. The maximum atomic E-state index is 10.8. The number of H-pyrrole nitrogens is 1. The molecule has 0 aliphatic heterocycles. The van der Waals surface area contributed by atoms with Crippen molar-refractivity contribution in [3.05, 3.63) is 150 Å². The number of hydrogen-bond donors (Lipinski definition) is 2. The van der Waals surface area contributed by atoms with Gasteiger partial charge in [0, 0.05) is 52.0 Å². The summed E-state index contributed by atoms with van der Waals surface area (Å²) in [5, 5.41) is 35.8. The van der Waals surface area contributed by atoms with Crippen LogP contribution in [-0.2, 0) is 0 Å². The Kier molecular flexibility index (Phi) is 12.7. The number of nitrogen functional groups attached to an aromatic ring is 1. The lowest BCUT2D eigenvalue weighted by molar-refractivity contribution is -0.385. The molecule has 0 amide bonds. The van der Waals surface area contributed by atoms with Gasteiger partial charge in [0.2, 0.25) is 0 Å². The molecule has 6 aromatic rings. The summed E-state index contributed by atoms with van der Waals surface area (Å²) in [6, 6.07) is 16.0. The standard InChI is InChI=1S/C11H11N3O2.C11H13N3.C7H6BrNO2.C4H6N2/c1-8-6-12-13(7-8)10-4-3-9(2)11(5-10)14(15)16;1-8-6-13-14(7-8)10-4-3-9(2)11(12)5-10;1-5-2-3-6(8)4-7(5)9(10)11;1-4-2-5-6-3-4/h3-7H,1-2H3;3-7H,12H2,1-2H3;2-4H,1H3;2-3H,1H3,(H,5,6). The molecule has 244 valence electrons. The molecule has 3 N–H and O–H groups in total. The van der Waals surface area contributed by atoms with Crippen LogP contribution < -0.4 is 5.73 Å². The van der Waals surface area contributed by atoms with Gasteiger partial charge in [0.15, 0.2) is 0 Å². The van der Waals surface area contributed by atoms with Crippen LogP contribution in [0.2, 0.25) is 0 Å². The Labute approximate surface area is 280 Å². The molecule has 0 aliphatic rings. The van der Waals surface area contributed by atoms with Crippen LogP contribution in [0.3, 0.4) is 0 Å². The third-order valence-electron chi connectivity index (χ3n) is 6.61. The van der Waals surface area contributed by atoms with Crippen molar-refractivity contribution in [2.24, 2.45) is 0 Å². The van der Waals surface area contributed by atoms with Gasteiger partial charge in [-0.3, -0.25) is 25.3 Å². The van der Waals surface area contributed by atoms with Crippen molar-refractivity contribution in [1.82, 2.24) is 29.8 Å². The number of nitrogens with one attached hydrogen (secondary N) is 1. The van der Waals surface area contributed by atoms with Gasteiger partial charge >= 0.3 is 0 Å². The van der Waals surface area contributed by atoms with Crippen LogP contribution in [0.4, 0.5) is 17.1 Å². The highest BCUT2D eigenvalue weighted by Gasteiger charge is 2.12. The van der Waals surface area contributed by atoms with Gasteiger partial charge < -0.3 is 5.73 Å². The summed E-state index contributed by atoms with van der Waals surface area (Å²) in [5.41, 5.74) is 14.4. The van der Waals surface area contributed by atoms with Crippen LogP contribution in [0.1, 0.15) is 33.4 Å². The van der Waals surface area contributed by atoms with E-state index in [0.717, 1.165) is 32.5 Å². The number of nitro benzene ring substituents is 2. The Hall–Kier alpha value is -5.63. The molecule has 0 saturated heterocycles. The molecule has 0 bridgehead atoms. The van der Waals surface area contributed by atoms with Gasteiger partial charge in [0.05, 0.1) is 39.8 Å². The molecule has 3 aromatic heterocycles. The summed E-state index contributed by atoms with van der Waals surface area (Å²) in [6.07, 6.45) is 11.0. The van der Waals surface area contributed by atoms with E-state index >= 15 is 0 Å². The number of halogens is 1. The van der Waals surface area contributed by atoms with Gasteiger partial charge in [0.1, 0.15) is 0 Å². The van der Waals surface area contributed by atoms with Gasteiger partial charge in [-0.05, 0) is 88.1 Å². The first-order chi connectivity index (χ1) is 22.2. The van der Waals surface area contributed by atoms with E-state index in [1.165, 1.54) is 17.7 Å². The predicted octanol–water partition coefficient (Wildman–Crippen LogP) is 7.85. The number of nitrogens with two attached hydrogens (primary N) is 1. The van der Waals surface area contributed by atoms with Crippen molar-refractivity contribution in [3.8, 4) is 11.4 Å². The third kappa shape index (κ3) is 10.7. The highest BCUT2D eigenvalue weighted by Crippen LogP contribution is 2.23. The molecule has 6 rings (SSSR count). The Morgan fingerprint density at radius 1 is 0.681 bits per heavy atom. The molecular weight excluding hydrogens is 666 g/mol. The summed E-state index contributed by atoms with van der Waals surface area (Å²) in [4.78, 5) is 20.4. The first-order valence-electron chi connectivity index (χ1n) is 14.3. The van der Waals surface area contributed by atoms with Crippen LogP contribution in [0.15, 0.2) is 96.3 Å². The van der Waals surface area contributed by atoms with Crippen LogP contribution in [0.5, 0.6) is 0 Å². The third-order valence-corrected chi connectivity index (χ3v) is 7.10. The molecule has 0 fully saturated rings. The summed E-state index contributed by atoms with van der Waals surface area (Å²) < 4.78 is 4.18. The van der Waals surface area contributed by atoms with E-state index in [1.54, 1.807) is 49.1 Å². The zero-order chi connectivity index (χ0) is 34.7. The molecule has 0 spiro atoms. The van der Waals surface area contributed by atoms with E-state index in [9.17, 15) is 20.2 Å². The summed E-state index contributed by atoms with van der Waals surface area (Å²) >= 11 is 3.16. The first-order valence-corrected chi connectivity index (χ1v) is 15.0. The van der Waals surface area contributed by atoms with E-state index in [-0.39, 0.29) is 21.2 Å². The predicted molar refractivity (Wildman–Crippen MR) is 186 cm³/mol. The molecular formula is C33H36BrN9O4. The second-order valence-electron chi connectivity index (χ2n) is 10.7. The number of aromatic nitrogens is 6. The lowest BCUT2D eigenvalue weighted by atomic mass is 10.2. The molecule has 3 heterocycles. The summed E-state index contributed by atoms with van der Waals surface area (Å²) in [7, 11) is 0. The number of benzene rings is 3. The number of hydrogen-bond acceptors (Lipinski definition) is 8. The molecule has 3 aromatic carbocycles. The van der Waals surface area contributed by atoms with E-state index in [2.05, 4.69) is 36.3 Å². The largest absolute Gasteiger partial charge is 0.398 e. The fraction of sp³-hybridized carbons (Fsp3) is 0.182. The average molecular weight is 703 g/mol. The smallest absolute Gasteiger partial charge is 0.274 e. The van der Waals surface area contributed by atoms with Crippen molar-refractivity contribution < 1.29 is 9.85 Å². The van der Waals surface area contributed by atoms with E-state index in [0.29, 0.717) is 16.8 Å². The minimum absolute atomic E-state index is 0.116. The monoisotopic (exact) mass is 701 g/mol. The average Bonchev–Trinajstić information content (AvgIpc) is 3.80. The second kappa shape index (κ2) is 16.6. The van der Waals surface area contributed by atoms with Crippen molar-refractivity contribution in [3.63, 3.8) is 0 Å². The lowest BCUT2D eigenvalue weighted by Gasteiger charge is -2.04. The SMILES string of the molecule is Cc1ccc(Br)cc1[N+](=O)[O-].Cc1cn[nH]c1.Cc1cnn(-c2ccc(C)c(N)c2)c1.Cc1cnn(-c2ccc(C)c([N+](=O)[O-])c2)c1. The van der Waals surface area contributed by atoms with E-state index < -0.39 is 0 Å². The number of nitro groups is 2. The molecule has 0 radical (unpaired) electrons. The normalized spacial score (nSPS) is 10.0. The summed E-state index contributed by atoms with van der Waals surface area (Å²) in [6.45, 7) is 11.4. The minimum Gasteiger partial charge on any atom is -0.398 e. The van der Waals surface area contributed by atoms with Crippen LogP contribution >= 0.6 is 15.9 Å². The molecule has 47 heavy (non-hydrogen) atoms. The zero-order valence-corrected chi connectivity index (χ0v) is 28.5. The van der Waals surface area contributed by atoms with Gasteiger partial charge in [-0.15, -0.1) is 0 Å². The molecule has 14 heteroatoms. The van der Waals surface area contributed by atoms with Crippen molar-refractivity contribution in [2.75, 3.05) is 5.73 Å². The quantitative estimate of drug-likeness (QED) is 0.106. The fourth-order valence-electron chi connectivity index (χ4n) is 3.91. The molecule has 0 atom stereocenters. The lowest BCUT2D eigenvalue weighted by Crippen LogP contribution is -1.97. The Morgan fingerprint density at radius 2 is 1.17 bits per heavy atom. The molecule has 0 unspecified atom stereocenters. The number of anilines is 1.